The van der Waals surface area contributed by atoms with E-state index in [4.69, 9.17) is 14.9 Å². The third kappa shape index (κ3) is 4.72. The van der Waals surface area contributed by atoms with Gasteiger partial charge in [-0.15, -0.1) is 10.2 Å². The predicted molar refractivity (Wildman–Crippen MR) is 107 cm³/mol. The number of pyridine rings is 1. The molecular weight excluding hydrogens is 356 g/mol. The van der Waals surface area contributed by atoms with Crippen molar-refractivity contribution in [3.05, 3.63) is 36.2 Å². The number of Topliss-reactive ketones (excluding diaryl/α,β-unsaturated/α-hetero) is 1. The van der Waals surface area contributed by atoms with E-state index in [0.717, 1.165) is 36.6 Å². The first kappa shape index (κ1) is 19.9. The Labute approximate surface area is 164 Å². The molecular formula is C21H26N4O3. The zero-order valence-electron chi connectivity index (χ0n) is 16.4. The van der Waals surface area contributed by atoms with Gasteiger partial charge in [0.1, 0.15) is 17.2 Å². The lowest BCUT2D eigenvalue weighted by molar-refractivity contribution is -0.118. The molecule has 0 bridgehead atoms. The fraction of sp³-hybridized carbons (Fsp3) is 0.429. The predicted octanol–water partition coefficient (Wildman–Crippen LogP) is 4.22. The summed E-state index contributed by atoms with van der Waals surface area (Å²) in [7, 11) is 1.62. The molecule has 28 heavy (non-hydrogen) atoms. The quantitative estimate of drug-likeness (QED) is 0.523. The van der Waals surface area contributed by atoms with Crippen molar-refractivity contribution < 1.29 is 13.9 Å². The van der Waals surface area contributed by atoms with Gasteiger partial charge in [-0.1, -0.05) is 31.9 Å². The Morgan fingerprint density at radius 3 is 2.82 bits per heavy atom. The molecule has 2 aromatic heterocycles. The maximum Gasteiger partial charge on any atom is 0.266 e. The molecule has 148 valence electrons. The SMILES string of the molecule is CCC(=O)CCCCC[C@H](N)c1nnc(-c2cc(OC)c3ccccc3n2)o1. The first-order chi connectivity index (χ1) is 13.6. The van der Waals surface area contributed by atoms with Gasteiger partial charge in [-0.3, -0.25) is 4.79 Å². The standard InChI is InChI=1S/C21H26N4O3/c1-3-14(26)9-5-4-6-11-16(22)20-24-25-21(28-20)18-13-19(27-2)15-10-7-8-12-17(15)23-18/h7-8,10,12-13,16H,3-6,9,11,22H2,1-2H3/t16-/m0/s1. The van der Waals surface area contributed by atoms with Gasteiger partial charge in [-0.25, -0.2) is 4.98 Å². The topological polar surface area (TPSA) is 104 Å². The highest BCUT2D eigenvalue weighted by Gasteiger charge is 2.17. The molecule has 1 aromatic carbocycles. The smallest absolute Gasteiger partial charge is 0.266 e. The summed E-state index contributed by atoms with van der Waals surface area (Å²) in [5, 5.41) is 9.12. The molecule has 0 unspecified atom stereocenters. The second kappa shape index (κ2) is 9.41. The molecule has 2 heterocycles. The van der Waals surface area contributed by atoms with Crippen molar-refractivity contribution in [2.75, 3.05) is 7.11 Å². The lowest BCUT2D eigenvalue weighted by Gasteiger charge is -2.07. The summed E-state index contributed by atoms with van der Waals surface area (Å²) in [6.45, 7) is 1.89. The van der Waals surface area contributed by atoms with Crippen LogP contribution in [0.3, 0.4) is 0 Å². The summed E-state index contributed by atoms with van der Waals surface area (Å²) in [4.78, 5) is 15.9. The van der Waals surface area contributed by atoms with Crippen LogP contribution >= 0.6 is 0 Å². The van der Waals surface area contributed by atoms with Crippen molar-refractivity contribution in [1.29, 1.82) is 0 Å². The minimum absolute atomic E-state index is 0.309. The summed E-state index contributed by atoms with van der Waals surface area (Å²) in [5.41, 5.74) is 7.54. The van der Waals surface area contributed by atoms with Crippen molar-refractivity contribution in [3.63, 3.8) is 0 Å². The van der Waals surface area contributed by atoms with E-state index in [1.165, 1.54) is 0 Å². The molecule has 0 saturated carbocycles. The number of nitrogens with two attached hydrogens (primary N) is 1. The number of nitrogens with zero attached hydrogens (tertiary/aromatic N) is 3. The first-order valence-electron chi connectivity index (χ1n) is 9.67. The van der Waals surface area contributed by atoms with E-state index in [2.05, 4.69) is 15.2 Å². The minimum Gasteiger partial charge on any atom is -0.496 e. The van der Waals surface area contributed by atoms with Crippen LogP contribution in [0.25, 0.3) is 22.5 Å². The molecule has 7 nitrogen and oxygen atoms in total. The van der Waals surface area contributed by atoms with E-state index in [9.17, 15) is 4.79 Å². The molecule has 2 N–H and O–H groups in total. The Bertz CT molecular complexity index is 938. The highest BCUT2D eigenvalue weighted by atomic mass is 16.5. The van der Waals surface area contributed by atoms with Crippen molar-refractivity contribution >= 4 is 16.7 Å². The van der Waals surface area contributed by atoms with E-state index in [0.29, 0.717) is 41.8 Å². The number of ether oxygens (including phenoxy) is 1. The number of hydrogen-bond acceptors (Lipinski definition) is 7. The maximum atomic E-state index is 11.3. The van der Waals surface area contributed by atoms with Crippen molar-refractivity contribution in [2.45, 2.75) is 51.5 Å². The van der Waals surface area contributed by atoms with Gasteiger partial charge in [-0.05, 0) is 25.0 Å². The molecule has 1 atom stereocenters. The summed E-state index contributed by atoms with van der Waals surface area (Å²) < 4.78 is 11.2. The molecule has 0 aliphatic heterocycles. The minimum atomic E-state index is -0.328. The van der Waals surface area contributed by atoms with Crippen LogP contribution in [0.5, 0.6) is 5.75 Å². The highest BCUT2D eigenvalue weighted by Crippen LogP contribution is 2.30. The van der Waals surface area contributed by atoms with Crippen LogP contribution in [0.15, 0.2) is 34.7 Å². The Balaban J connectivity index is 1.65. The van der Waals surface area contributed by atoms with Gasteiger partial charge in [-0.2, -0.15) is 0 Å². The van der Waals surface area contributed by atoms with E-state index in [1.54, 1.807) is 13.2 Å². The molecule has 3 aromatic rings. The second-order valence-corrected chi connectivity index (χ2v) is 6.77. The summed E-state index contributed by atoms with van der Waals surface area (Å²) in [6, 6.07) is 9.18. The molecule has 0 radical (unpaired) electrons. The van der Waals surface area contributed by atoms with Crippen LogP contribution in [-0.4, -0.2) is 28.1 Å². The zero-order chi connectivity index (χ0) is 19.9. The number of ketones is 1. The number of unbranched alkanes of at least 4 members (excludes halogenated alkanes) is 2. The molecule has 3 rings (SSSR count). The van der Waals surface area contributed by atoms with Crippen LogP contribution in [0.2, 0.25) is 0 Å². The number of benzene rings is 1. The van der Waals surface area contributed by atoms with Crippen LogP contribution in [0.4, 0.5) is 0 Å². The van der Waals surface area contributed by atoms with E-state index in [1.807, 2.05) is 31.2 Å². The number of para-hydroxylation sites is 1. The number of rotatable bonds is 10. The fourth-order valence-electron chi connectivity index (χ4n) is 3.07. The largest absolute Gasteiger partial charge is 0.496 e. The van der Waals surface area contributed by atoms with Crippen LogP contribution in [0.1, 0.15) is 57.4 Å². The van der Waals surface area contributed by atoms with Gasteiger partial charge in [0.15, 0.2) is 0 Å². The molecule has 0 amide bonds. The van der Waals surface area contributed by atoms with Crippen molar-refractivity contribution in [1.82, 2.24) is 15.2 Å². The molecule has 0 fully saturated rings. The number of hydrogen-bond donors (Lipinski definition) is 1. The number of carbonyl (C=O) groups excluding carboxylic acids is 1. The van der Waals surface area contributed by atoms with Crippen LogP contribution < -0.4 is 10.5 Å². The average Bonchev–Trinajstić information content (AvgIpc) is 3.22. The lowest BCUT2D eigenvalue weighted by atomic mass is 10.1. The molecule has 7 heteroatoms. The van der Waals surface area contributed by atoms with Gasteiger partial charge in [0.05, 0.1) is 18.7 Å². The van der Waals surface area contributed by atoms with E-state index in [-0.39, 0.29) is 6.04 Å². The van der Waals surface area contributed by atoms with Crippen molar-refractivity contribution in [2.24, 2.45) is 5.73 Å². The lowest BCUT2D eigenvalue weighted by Crippen LogP contribution is -2.10. The summed E-state index contributed by atoms with van der Waals surface area (Å²) >= 11 is 0. The third-order valence-corrected chi connectivity index (χ3v) is 4.74. The third-order valence-electron chi connectivity index (χ3n) is 4.74. The zero-order valence-corrected chi connectivity index (χ0v) is 16.4. The van der Waals surface area contributed by atoms with Gasteiger partial charge in [0, 0.05) is 24.3 Å². The van der Waals surface area contributed by atoms with Crippen LogP contribution in [0, 0.1) is 0 Å². The van der Waals surface area contributed by atoms with Gasteiger partial charge in [0.25, 0.3) is 5.89 Å². The maximum absolute atomic E-state index is 11.3. The number of methoxy groups -OCH3 is 1. The van der Waals surface area contributed by atoms with E-state index >= 15 is 0 Å². The highest BCUT2D eigenvalue weighted by molar-refractivity contribution is 5.87. The number of aromatic nitrogens is 3. The van der Waals surface area contributed by atoms with Crippen molar-refractivity contribution in [3.8, 4) is 17.3 Å². The Hall–Kier alpha value is -2.80. The fourth-order valence-corrected chi connectivity index (χ4v) is 3.07. The van der Waals surface area contributed by atoms with Gasteiger partial charge >= 0.3 is 0 Å². The Morgan fingerprint density at radius 2 is 2.04 bits per heavy atom. The Morgan fingerprint density at radius 1 is 1.21 bits per heavy atom. The summed E-state index contributed by atoms with van der Waals surface area (Å²) in [5.74, 6) is 1.73. The monoisotopic (exact) mass is 382 g/mol. The molecule has 0 saturated heterocycles. The number of fused-ring (bicyclic) bond motifs is 1. The summed E-state index contributed by atoms with van der Waals surface area (Å²) in [6.07, 6.45) is 4.76. The average molecular weight is 382 g/mol. The molecule has 0 aliphatic rings. The van der Waals surface area contributed by atoms with Crippen LogP contribution in [-0.2, 0) is 4.79 Å². The second-order valence-electron chi connectivity index (χ2n) is 6.77. The number of carbonyl (C=O) groups is 1. The first-order valence-corrected chi connectivity index (χ1v) is 9.67. The van der Waals surface area contributed by atoms with E-state index < -0.39 is 0 Å². The normalized spacial score (nSPS) is 12.2. The molecule has 0 aliphatic carbocycles. The van der Waals surface area contributed by atoms with Gasteiger partial charge < -0.3 is 14.9 Å². The molecule has 0 spiro atoms. The van der Waals surface area contributed by atoms with Gasteiger partial charge in [0.2, 0.25) is 5.89 Å². The Kier molecular flexibility index (Phi) is 6.71.